The Hall–Kier alpha value is -1.67. The van der Waals surface area contributed by atoms with Gasteiger partial charge in [-0.3, -0.25) is 4.57 Å². The molecule has 0 aliphatic carbocycles. The molecule has 3 N–H and O–H groups in total. The number of fused-ring (bicyclic) bond motifs is 1. The van der Waals surface area contributed by atoms with Gasteiger partial charge < -0.3 is 24.9 Å². The first kappa shape index (κ1) is 23.1. The molecule has 0 amide bonds. The largest absolute Gasteiger partial charge is 0.387 e. The predicted octanol–water partition coefficient (Wildman–Crippen LogP) is 1.65. The average molecular weight is 515 g/mol. The van der Waals surface area contributed by atoms with Crippen LogP contribution >= 0.6 is 35.0 Å². The van der Waals surface area contributed by atoms with E-state index < -0.39 is 24.5 Å². The van der Waals surface area contributed by atoms with E-state index in [0.717, 1.165) is 31.1 Å². The summed E-state index contributed by atoms with van der Waals surface area (Å²) < 4.78 is 9.31. The number of imidazole rings is 2. The van der Waals surface area contributed by atoms with Crippen LogP contribution in [0.25, 0.3) is 11.2 Å². The number of hydrazine groups is 1. The van der Waals surface area contributed by atoms with Crippen LogP contribution in [0, 0.1) is 0 Å². The lowest BCUT2D eigenvalue weighted by molar-refractivity contribution is -0.0291. The highest BCUT2D eigenvalue weighted by atomic mass is 35.5. The summed E-state index contributed by atoms with van der Waals surface area (Å²) in [6, 6.07) is 0. The summed E-state index contributed by atoms with van der Waals surface area (Å²) in [5.74, 6) is 0.527. The quantitative estimate of drug-likeness (QED) is 0.330. The van der Waals surface area contributed by atoms with E-state index in [1.807, 2.05) is 24.0 Å². The number of aliphatic hydroxyl groups is 2. The molecule has 2 aliphatic rings. The summed E-state index contributed by atoms with van der Waals surface area (Å²) in [4.78, 5) is 17.4. The molecule has 0 spiro atoms. The molecule has 0 unspecified atom stereocenters. The van der Waals surface area contributed by atoms with E-state index in [4.69, 9.17) is 27.9 Å². The Balaban J connectivity index is 1.30. The fourth-order valence-electron chi connectivity index (χ4n) is 4.09. The minimum Gasteiger partial charge on any atom is -0.387 e. The maximum absolute atomic E-state index is 10.4. The van der Waals surface area contributed by atoms with Crippen molar-refractivity contribution in [3.05, 3.63) is 24.0 Å². The fourth-order valence-corrected chi connectivity index (χ4v) is 5.60. The summed E-state index contributed by atoms with van der Waals surface area (Å²) in [5, 5.41) is 24.2. The van der Waals surface area contributed by atoms with Crippen LogP contribution in [-0.2, 0) is 11.8 Å². The Morgan fingerprint density at radius 3 is 2.67 bits per heavy atom. The predicted molar refractivity (Wildman–Crippen MR) is 124 cm³/mol. The van der Waals surface area contributed by atoms with Crippen LogP contribution in [-0.4, -0.2) is 86.8 Å². The zero-order valence-electron chi connectivity index (χ0n) is 17.8. The minimum absolute atomic E-state index is 0.0360. The number of aromatic nitrogens is 6. The van der Waals surface area contributed by atoms with Gasteiger partial charge in [0.1, 0.15) is 18.3 Å². The van der Waals surface area contributed by atoms with Crippen LogP contribution in [0.5, 0.6) is 0 Å². The summed E-state index contributed by atoms with van der Waals surface area (Å²) in [6.45, 7) is 1.64. The molecule has 0 radical (unpaired) electrons. The Kier molecular flexibility index (Phi) is 6.67. The number of hydrogen-bond donors (Lipinski definition) is 3. The third-order valence-electron chi connectivity index (χ3n) is 5.91. The van der Waals surface area contributed by atoms with Crippen LogP contribution in [0.3, 0.4) is 0 Å². The molecule has 2 fully saturated rings. The van der Waals surface area contributed by atoms with E-state index in [1.165, 1.54) is 6.33 Å². The zero-order chi connectivity index (χ0) is 23.1. The smallest absolute Gasteiger partial charge is 0.226 e. The number of rotatable bonds is 6. The molecule has 2 aliphatic heterocycles. The minimum atomic E-state index is -1.17. The second-order valence-electron chi connectivity index (χ2n) is 8.10. The number of alkyl halides is 1. The number of nitrogens with one attached hydrogen (secondary N) is 1. The second-order valence-corrected chi connectivity index (χ2v) is 10.0. The lowest BCUT2D eigenvalue weighted by Gasteiger charge is -2.31. The molecular weight excluding hydrogens is 491 g/mol. The molecular formula is C19H24Cl2N8O3S. The number of halogens is 2. The van der Waals surface area contributed by atoms with E-state index in [9.17, 15) is 10.2 Å². The molecule has 14 heteroatoms. The summed E-state index contributed by atoms with van der Waals surface area (Å²) in [5.41, 5.74) is 4.20. The molecule has 178 valence electrons. The van der Waals surface area contributed by atoms with Gasteiger partial charge in [0.2, 0.25) is 5.28 Å². The highest BCUT2D eigenvalue weighted by Gasteiger charge is 2.44. The van der Waals surface area contributed by atoms with Gasteiger partial charge in [-0.25, -0.2) is 15.0 Å². The topological polar surface area (TPSA) is 126 Å². The molecule has 0 aromatic carbocycles. The number of anilines is 1. The average Bonchev–Trinajstić information content (AvgIpc) is 3.48. The number of aliphatic hydroxyl groups excluding tert-OH is 2. The van der Waals surface area contributed by atoms with Gasteiger partial charge in [-0.15, -0.1) is 11.6 Å². The highest BCUT2D eigenvalue weighted by molar-refractivity contribution is 7.99. The van der Waals surface area contributed by atoms with Crippen molar-refractivity contribution in [1.82, 2.24) is 34.1 Å². The first-order valence-corrected chi connectivity index (χ1v) is 12.4. The highest BCUT2D eigenvalue weighted by Crippen LogP contribution is 2.34. The van der Waals surface area contributed by atoms with Crippen molar-refractivity contribution < 1.29 is 14.9 Å². The number of nitrogens with zero attached hydrogens (tertiary/aromatic N) is 7. The maximum atomic E-state index is 10.4. The number of piperidine rings is 1. The molecule has 3 aromatic rings. The van der Waals surface area contributed by atoms with E-state index in [1.54, 1.807) is 16.3 Å². The molecule has 5 rings (SSSR count). The molecule has 33 heavy (non-hydrogen) atoms. The number of aryl methyl sites for hydroxylation is 1. The lowest BCUT2D eigenvalue weighted by Crippen LogP contribution is -2.39. The SMILES string of the molecule is Cn1ccnc1SC1CCN(Nc2nc(Cl)nc3c2ncn3[C@@H]2O[C@H](CCl)[C@@H](O)[C@H]2O)CC1. The molecule has 0 bridgehead atoms. The van der Waals surface area contributed by atoms with E-state index in [0.29, 0.717) is 22.2 Å². The van der Waals surface area contributed by atoms with Crippen LogP contribution in [0.2, 0.25) is 5.28 Å². The van der Waals surface area contributed by atoms with Gasteiger partial charge in [0.15, 0.2) is 28.4 Å². The Bertz CT molecular complexity index is 1120. The number of hydrogen-bond acceptors (Lipinski definition) is 10. The number of ether oxygens (including phenoxy) is 1. The molecule has 3 aromatic heterocycles. The molecule has 5 heterocycles. The van der Waals surface area contributed by atoms with Crippen molar-refractivity contribution in [2.24, 2.45) is 7.05 Å². The molecule has 4 atom stereocenters. The van der Waals surface area contributed by atoms with E-state index >= 15 is 0 Å². The lowest BCUT2D eigenvalue weighted by atomic mass is 10.1. The third kappa shape index (κ3) is 4.53. The van der Waals surface area contributed by atoms with Gasteiger partial charge in [0, 0.05) is 37.8 Å². The summed E-state index contributed by atoms with van der Waals surface area (Å²) in [6.07, 6.45) is 3.38. The Labute approximate surface area is 204 Å². The van der Waals surface area contributed by atoms with Crippen LogP contribution in [0.4, 0.5) is 5.82 Å². The first-order chi connectivity index (χ1) is 15.9. The maximum Gasteiger partial charge on any atom is 0.226 e. The number of thioether (sulfide) groups is 1. The van der Waals surface area contributed by atoms with Gasteiger partial charge in [0.05, 0.1) is 12.2 Å². The van der Waals surface area contributed by atoms with Crippen molar-refractivity contribution in [2.45, 2.75) is 47.8 Å². The summed E-state index contributed by atoms with van der Waals surface area (Å²) >= 11 is 13.8. The fraction of sp³-hybridized carbons (Fsp3) is 0.579. The Morgan fingerprint density at radius 2 is 2.00 bits per heavy atom. The van der Waals surface area contributed by atoms with Crippen molar-refractivity contribution in [1.29, 1.82) is 0 Å². The van der Waals surface area contributed by atoms with E-state index in [-0.39, 0.29) is 11.2 Å². The van der Waals surface area contributed by atoms with Gasteiger partial charge in [0.25, 0.3) is 0 Å². The standard InChI is InChI=1S/C19H24Cl2N8O3S/c1-27-7-4-22-19(27)33-10-2-5-28(6-3-10)26-15-12-16(25-18(21)24-15)29(9-23-12)17-14(31)13(30)11(8-20)32-17/h4,7,9-11,13-14,17,30-31H,2-3,5-6,8H2,1H3,(H,24,25,26)/t11-,13-,14-,17-/m1/s1. The van der Waals surface area contributed by atoms with Crippen LogP contribution in [0.15, 0.2) is 23.9 Å². The van der Waals surface area contributed by atoms with Crippen molar-refractivity contribution in [3.8, 4) is 0 Å². The summed E-state index contributed by atoms with van der Waals surface area (Å²) in [7, 11) is 2.00. The normalized spacial score (nSPS) is 26.9. The van der Waals surface area contributed by atoms with Gasteiger partial charge >= 0.3 is 0 Å². The van der Waals surface area contributed by atoms with Crippen molar-refractivity contribution in [2.75, 3.05) is 24.4 Å². The molecule has 11 nitrogen and oxygen atoms in total. The monoisotopic (exact) mass is 514 g/mol. The van der Waals surface area contributed by atoms with Gasteiger partial charge in [-0.1, -0.05) is 11.8 Å². The van der Waals surface area contributed by atoms with Crippen LogP contribution in [0.1, 0.15) is 19.1 Å². The Morgan fingerprint density at radius 1 is 1.21 bits per heavy atom. The molecule has 2 saturated heterocycles. The van der Waals surface area contributed by atoms with E-state index in [2.05, 4.69) is 30.4 Å². The first-order valence-electron chi connectivity index (χ1n) is 10.6. The third-order valence-corrected chi connectivity index (χ3v) is 7.79. The van der Waals surface area contributed by atoms with Crippen LogP contribution < -0.4 is 5.43 Å². The van der Waals surface area contributed by atoms with Gasteiger partial charge in [-0.2, -0.15) is 9.97 Å². The molecule has 0 saturated carbocycles. The van der Waals surface area contributed by atoms with Crippen molar-refractivity contribution in [3.63, 3.8) is 0 Å². The zero-order valence-corrected chi connectivity index (χ0v) is 20.1. The van der Waals surface area contributed by atoms with Crippen molar-refractivity contribution >= 4 is 51.9 Å². The second kappa shape index (κ2) is 9.53. The van der Waals surface area contributed by atoms with Gasteiger partial charge in [-0.05, 0) is 24.4 Å².